The van der Waals surface area contributed by atoms with Gasteiger partial charge in [0.15, 0.2) is 17.5 Å². The Morgan fingerprint density at radius 3 is 2.12 bits per heavy atom. The monoisotopic (exact) mass is 691 g/mol. The number of ketones is 1. The molecule has 0 heterocycles. The van der Waals surface area contributed by atoms with Crippen LogP contribution in [0.1, 0.15) is 141 Å². The van der Waals surface area contributed by atoms with E-state index >= 15 is 0 Å². The lowest BCUT2D eigenvalue weighted by atomic mass is 9.59. The van der Waals surface area contributed by atoms with Crippen LogP contribution in [0.4, 0.5) is 5.69 Å². The van der Waals surface area contributed by atoms with E-state index in [4.69, 9.17) is 4.74 Å². The number of hydrogen-bond donors (Lipinski definition) is 4. The Morgan fingerprint density at radius 2 is 1.52 bits per heavy atom. The molecule has 1 spiro atoms. The summed E-state index contributed by atoms with van der Waals surface area (Å²) in [6, 6.07) is 7.22. The lowest BCUT2D eigenvalue weighted by molar-refractivity contribution is -0.190. The number of aliphatic hydroxyl groups excluding tert-OH is 2. The number of fused-ring (bicyclic) bond motifs is 3. The van der Waals surface area contributed by atoms with Crippen molar-refractivity contribution in [2.75, 3.05) is 18.5 Å². The SMILES string of the molecule is CCCCCCCCCCCCCCCCNc1ccccc1C(=O)O[C@H]1C(C)=C[C@]23C(=O)[C@@H](C=C(CO)[C@@H](O)[C@]12O)[C@H]1[C@@H](C[C@H]3C)C1(C)C. The van der Waals surface area contributed by atoms with E-state index in [1.165, 1.54) is 77.0 Å². The van der Waals surface area contributed by atoms with Crippen LogP contribution in [0.2, 0.25) is 0 Å². The molecule has 0 saturated heterocycles. The van der Waals surface area contributed by atoms with Crippen molar-refractivity contribution in [2.45, 2.75) is 149 Å². The topological polar surface area (TPSA) is 116 Å². The van der Waals surface area contributed by atoms with E-state index in [0.717, 1.165) is 19.4 Å². The van der Waals surface area contributed by atoms with E-state index in [-0.39, 0.29) is 34.5 Å². The standard InChI is InChI=1S/C43H65NO6/c1-6-7-8-9-10-11-12-13-14-15-16-17-18-21-24-44-35-23-20-19-22-32(35)40(48)50-39-29(2)27-42-30(3)25-34-36(41(34,4)5)33(38(42)47)26-31(28-45)37(46)43(39,42)49/h19-20,22-23,26-27,30,33-34,36-37,39,44-46,49H,6-18,21,24-25,28H2,1-5H3/t30-,33+,34-,36+,37-,39+,42+,43+/m1/s1. The molecule has 4 N–H and O–H groups in total. The summed E-state index contributed by atoms with van der Waals surface area (Å²) in [4.78, 5) is 28.5. The second-order valence-corrected chi connectivity index (χ2v) is 16.7. The number of allylic oxidation sites excluding steroid dienone is 1. The molecule has 0 aliphatic heterocycles. The first-order chi connectivity index (χ1) is 24.0. The summed E-state index contributed by atoms with van der Waals surface area (Å²) in [7, 11) is 0. The third-order valence-corrected chi connectivity index (χ3v) is 13.1. The first kappa shape index (κ1) is 38.7. The molecular formula is C43H65NO6. The van der Waals surface area contributed by atoms with Gasteiger partial charge in [0, 0.05) is 18.2 Å². The van der Waals surface area contributed by atoms with Gasteiger partial charge in [0.1, 0.15) is 6.10 Å². The zero-order chi connectivity index (χ0) is 36.1. The van der Waals surface area contributed by atoms with Crippen molar-refractivity contribution in [3.05, 3.63) is 53.1 Å². The predicted octanol–water partition coefficient (Wildman–Crippen LogP) is 8.57. The number of carbonyl (C=O) groups is 2. The molecule has 1 aromatic rings. The van der Waals surface area contributed by atoms with E-state index in [2.05, 4.69) is 26.1 Å². The highest BCUT2D eigenvalue weighted by Crippen LogP contribution is 2.71. The highest BCUT2D eigenvalue weighted by molar-refractivity contribution is 5.97. The maximum Gasteiger partial charge on any atom is 0.340 e. The maximum absolute atomic E-state index is 14.6. The summed E-state index contributed by atoms with van der Waals surface area (Å²) in [5.74, 6) is -1.27. The van der Waals surface area contributed by atoms with Gasteiger partial charge in [0.05, 0.1) is 17.6 Å². The minimum Gasteiger partial charge on any atom is -0.451 e. The van der Waals surface area contributed by atoms with Crippen LogP contribution in [0, 0.1) is 34.5 Å². The Balaban J connectivity index is 1.17. The quantitative estimate of drug-likeness (QED) is 0.0653. The number of Topliss-reactive ketones (excluding diaryl/α,β-unsaturated/α-hetero) is 1. The van der Waals surface area contributed by atoms with Gasteiger partial charge in [-0.05, 0) is 66.2 Å². The average Bonchev–Trinajstić information content (AvgIpc) is 3.59. The van der Waals surface area contributed by atoms with Crippen LogP contribution in [0.3, 0.4) is 0 Å². The van der Waals surface area contributed by atoms with Gasteiger partial charge in [-0.25, -0.2) is 4.79 Å². The summed E-state index contributed by atoms with van der Waals surface area (Å²) in [6.07, 6.45) is 19.5. The normalized spacial score (nSPS) is 32.3. The number of nitrogens with one attached hydrogen (secondary N) is 1. The van der Waals surface area contributed by atoms with Gasteiger partial charge >= 0.3 is 5.97 Å². The molecule has 7 heteroatoms. The van der Waals surface area contributed by atoms with Gasteiger partial charge in [-0.2, -0.15) is 0 Å². The second kappa shape index (κ2) is 16.5. The molecule has 1 aromatic carbocycles. The zero-order valence-corrected chi connectivity index (χ0v) is 31.5. The fourth-order valence-corrected chi connectivity index (χ4v) is 10.1. The summed E-state index contributed by atoms with van der Waals surface area (Å²) >= 11 is 0. The molecule has 0 amide bonds. The number of benzene rings is 1. The summed E-state index contributed by atoms with van der Waals surface area (Å²) in [6.45, 7) is 10.6. The first-order valence-corrected chi connectivity index (χ1v) is 20.0. The Bertz CT molecular complexity index is 1400. The Morgan fingerprint density at radius 1 is 0.940 bits per heavy atom. The Kier molecular flexibility index (Phi) is 12.8. The first-order valence-electron chi connectivity index (χ1n) is 20.0. The van der Waals surface area contributed by atoms with Crippen molar-refractivity contribution in [3.63, 3.8) is 0 Å². The lowest BCUT2D eigenvalue weighted by Gasteiger charge is -2.48. The number of unbranched alkanes of at least 4 members (excludes halogenated alkanes) is 13. The molecule has 50 heavy (non-hydrogen) atoms. The highest BCUT2D eigenvalue weighted by Gasteiger charge is 2.76. The second-order valence-electron chi connectivity index (χ2n) is 16.7. The van der Waals surface area contributed by atoms with E-state index < -0.39 is 41.7 Å². The summed E-state index contributed by atoms with van der Waals surface area (Å²) < 4.78 is 6.15. The molecule has 7 nitrogen and oxygen atoms in total. The average molecular weight is 692 g/mol. The number of hydrogen-bond acceptors (Lipinski definition) is 7. The van der Waals surface area contributed by atoms with Crippen molar-refractivity contribution in [2.24, 2.45) is 34.5 Å². The molecule has 278 valence electrons. The third-order valence-electron chi connectivity index (χ3n) is 13.1. The molecule has 5 rings (SSSR count). The largest absolute Gasteiger partial charge is 0.451 e. The number of carbonyl (C=O) groups excluding carboxylic acids is 2. The lowest BCUT2D eigenvalue weighted by Crippen LogP contribution is -2.65. The van der Waals surface area contributed by atoms with E-state index in [0.29, 0.717) is 23.2 Å². The smallest absolute Gasteiger partial charge is 0.340 e. The number of anilines is 1. The number of ether oxygens (including phenoxy) is 1. The molecule has 4 aliphatic carbocycles. The van der Waals surface area contributed by atoms with Crippen LogP contribution < -0.4 is 5.32 Å². The van der Waals surface area contributed by atoms with Gasteiger partial charge in [0.25, 0.3) is 0 Å². The third kappa shape index (κ3) is 7.25. The van der Waals surface area contributed by atoms with Crippen molar-refractivity contribution in [1.82, 2.24) is 0 Å². The van der Waals surface area contributed by atoms with Gasteiger partial charge in [0.2, 0.25) is 0 Å². The van der Waals surface area contributed by atoms with Crippen LogP contribution >= 0.6 is 0 Å². The fourth-order valence-electron chi connectivity index (χ4n) is 10.1. The minimum absolute atomic E-state index is 0.0483. The van der Waals surface area contributed by atoms with Crippen LogP contribution in [0.25, 0.3) is 0 Å². The van der Waals surface area contributed by atoms with Crippen LogP contribution in [-0.4, -0.2) is 58.0 Å². The number of esters is 1. The number of aliphatic hydroxyl groups is 3. The summed E-state index contributed by atoms with van der Waals surface area (Å²) in [5, 5.41) is 38.4. The molecule has 2 bridgehead atoms. The van der Waals surface area contributed by atoms with E-state index in [1.807, 2.05) is 19.1 Å². The van der Waals surface area contributed by atoms with Gasteiger partial charge in [-0.3, -0.25) is 4.79 Å². The van der Waals surface area contributed by atoms with Crippen LogP contribution in [0.5, 0.6) is 0 Å². The Hall–Kier alpha value is -2.48. The Labute approximate surface area is 301 Å². The van der Waals surface area contributed by atoms with Crippen LogP contribution in [-0.2, 0) is 9.53 Å². The van der Waals surface area contributed by atoms with Gasteiger partial charge in [-0.15, -0.1) is 0 Å². The minimum atomic E-state index is -2.15. The van der Waals surface area contributed by atoms with Gasteiger partial charge in [-0.1, -0.05) is 135 Å². The molecule has 2 saturated carbocycles. The molecule has 2 fully saturated rings. The zero-order valence-electron chi connectivity index (χ0n) is 31.5. The molecule has 0 unspecified atom stereocenters. The predicted molar refractivity (Wildman–Crippen MR) is 200 cm³/mol. The van der Waals surface area contributed by atoms with E-state index in [1.54, 1.807) is 31.2 Å². The van der Waals surface area contributed by atoms with Gasteiger partial charge < -0.3 is 25.4 Å². The fraction of sp³-hybridized carbons (Fsp3) is 0.721. The molecular weight excluding hydrogens is 626 g/mol. The number of para-hydroxylation sites is 1. The van der Waals surface area contributed by atoms with Crippen molar-refractivity contribution in [3.8, 4) is 0 Å². The highest BCUT2D eigenvalue weighted by atomic mass is 16.6. The van der Waals surface area contributed by atoms with Crippen molar-refractivity contribution in [1.29, 1.82) is 0 Å². The maximum atomic E-state index is 14.6. The molecule has 0 radical (unpaired) electrons. The molecule has 8 atom stereocenters. The number of rotatable bonds is 19. The summed E-state index contributed by atoms with van der Waals surface area (Å²) in [5.41, 5.74) is -1.89. The molecule has 4 aliphatic rings. The van der Waals surface area contributed by atoms with Crippen molar-refractivity contribution >= 4 is 17.4 Å². The van der Waals surface area contributed by atoms with Crippen LogP contribution in [0.15, 0.2) is 47.6 Å². The molecule has 0 aromatic heterocycles. The van der Waals surface area contributed by atoms with E-state index in [9.17, 15) is 24.9 Å². The van der Waals surface area contributed by atoms with Crippen molar-refractivity contribution < 1.29 is 29.6 Å².